The monoisotopic (exact) mass is 318 g/mol. The molecule has 6 heteroatoms. The molecule has 1 N–H and O–H groups in total. The van der Waals surface area contributed by atoms with Crippen LogP contribution in [-0.4, -0.2) is 46.0 Å². The molecule has 0 bridgehead atoms. The van der Waals surface area contributed by atoms with E-state index >= 15 is 0 Å². The van der Waals surface area contributed by atoms with Crippen LogP contribution in [0.3, 0.4) is 0 Å². The third kappa shape index (κ3) is 5.56. The van der Waals surface area contributed by atoms with Crippen LogP contribution >= 0.6 is 0 Å². The molecule has 0 saturated heterocycles. The Morgan fingerprint density at radius 1 is 1.48 bits per heavy atom. The average molecular weight is 318 g/mol. The van der Waals surface area contributed by atoms with Gasteiger partial charge in [0.05, 0.1) is 6.20 Å². The second-order valence-corrected chi connectivity index (χ2v) is 6.65. The van der Waals surface area contributed by atoms with E-state index in [1.807, 2.05) is 33.2 Å². The van der Waals surface area contributed by atoms with Gasteiger partial charge >= 0.3 is 6.09 Å². The maximum Gasteiger partial charge on any atom is 0.410 e. The fourth-order valence-corrected chi connectivity index (χ4v) is 2.30. The summed E-state index contributed by atoms with van der Waals surface area (Å²) in [5, 5.41) is 7.55. The number of nitrogens with zero attached hydrogens (tertiary/aromatic N) is 3. The van der Waals surface area contributed by atoms with Crippen LogP contribution in [0.15, 0.2) is 30.6 Å². The van der Waals surface area contributed by atoms with Crippen molar-refractivity contribution in [1.82, 2.24) is 20.0 Å². The van der Waals surface area contributed by atoms with Gasteiger partial charge in [0, 0.05) is 44.1 Å². The zero-order valence-electron chi connectivity index (χ0n) is 14.2. The molecule has 0 spiro atoms. The van der Waals surface area contributed by atoms with Gasteiger partial charge in [-0.15, -0.1) is 0 Å². The Labute approximate surface area is 137 Å². The van der Waals surface area contributed by atoms with Gasteiger partial charge < -0.3 is 15.0 Å². The molecule has 1 amide bonds. The quantitative estimate of drug-likeness (QED) is 0.848. The van der Waals surface area contributed by atoms with Gasteiger partial charge in [0.2, 0.25) is 0 Å². The lowest BCUT2D eigenvalue weighted by molar-refractivity contribution is 0.0265. The molecule has 1 aliphatic heterocycles. The maximum atomic E-state index is 12.0. The number of amides is 1. The fraction of sp³-hybridized carbons (Fsp3) is 0.529. The third-order valence-electron chi connectivity index (χ3n) is 3.48. The lowest BCUT2D eigenvalue weighted by Gasteiger charge is -2.29. The third-order valence-corrected chi connectivity index (χ3v) is 3.48. The van der Waals surface area contributed by atoms with Crippen molar-refractivity contribution in [2.45, 2.75) is 39.3 Å². The summed E-state index contributed by atoms with van der Waals surface area (Å²) >= 11 is 0. The van der Waals surface area contributed by atoms with E-state index in [0.29, 0.717) is 13.1 Å². The van der Waals surface area contributed by atoms with Gasteiger partial charge in [0.25, 0.3) is 0 Å². The SMILES string of the molecule is C=Cn1cc(CNCC2=CCN(C(=O)OC(C)(C)C)CC2)cn1. The zero-order chi connectivity index (χ0) is 16.9. The molecular formula is C17H26N4O2. The van der Waals surface area contributed by atoms with Crippen LogP contribution in [0.5, 0.6) is 0 Å². The standard InChI is InChI=1S/C17H26N4O2/c1-5-21-13-15(12-19-21)11-18-10-14-6-8-20(9-7-14)16(22)23-17(2,3)4/h5-6,12-13,18H,1,7-11H2,2-4H3. The number of aromatic nitrogens is 2. The van der Waals surface area contributed by atoms with E-state index < -0.39 is 5.60 Å². The van der Waals surface area contributed by atoms with Crippen molar-refractivity contribution in [3.63, 3.8) is 0 Å². The number of carbonyl (C=O) groups is 1. The molecule has 6 nitrogen and oxygen atoms in total. The van der Waals surface area contributed by atoms with E-state index in [1.165, 1.54) is 5.57 Å². The highest BCUT2D eigenvalue weighted by Gasteiger charge is 2.23. The summed E-state index contributed by atoms with van der Waals surface area (Å²) in [6, 6.07) is 0. The first-order valence-electron chi connectivity index (χ1n) is 7.89. The fourth-order valence-electron chi connectivity index (χ4n) is 2.30. The number of carbonyl (C=O) groups excluding carboxylic acids is 1. The normalized spacial score (nSPS) is 15.3. The molecule has 1 aliphatic rings. The molecule has 0 unspecified atom stereocenters. The maximum absolute atomic E-state index is 12.0. The summed E-state index contributed by atoms with van der Waals surface area (Å²) in [7, 11) is 0. The van der Waals surface area contributed by atoms with Gasteiger partial charge in [-0.05, 0) is 27.2 Å². The van der Waals surface area contributed by atoms with Crippen molar-refractivity contribution in [1.29, 1.82) is 0 Å². The molecule has 2 heterocycles. The summed E-state index contributed by atoms with van der Waals surface area (Å²) in [6.07, 6.45) is 8.18. The van der Waals surface area contributed by atoms with E-state index in [0.717, 1.165) is 25.1 Å². The zero-order valence-corrected chi connectivity index (χ0v) is 14.2. The summed E-state index contributed by atoms with van der Waals surface area (Å²) in [5.41, 5.74) is 2.00. The van der Waals surface area contributed by atoms with Crippen molar-refractivity contribution in [2.24, 2.45) is 0 Å². The van der Waals surface area contributed by atoms with Crippen molar-refractivity contribution in [3.8, 4) is 0 Å². The number of hydrogen-bond acceptors (Lipinski definition) is 4. The van der Waals surface area contributed by atoms with Crippen molar-refractivity contribution < 1.29 is 9.53 Å². The smallest absolute Gasteiger partial charge is 0.410 e. The Kier molecular flexibility index (Phi) is 5.60. The van der Waals surface area contributed by atoms with Crippen molar-refractivity contribution in [2.75, 3.05) is 19.6 Å². The van der Waals surface area contributed by atoms with Gasteiger partial charge in [-0.2, -0.15) is 5.10 Å². The number of rotatable bonds is 5. The van der Waals surface area contributed by atoms with Crippen LogP contribution in [0.1, 0.15) is 32.8 Å². The van der Waals surface area contributed by atoms with Gasteiger partial charge in [-0.3, -0.25) is 0 Å². The van der Waals surface area contributed by atoms with Gasteiger partial charge in [0.1, 0.15) is 5.60 Å². The number of ether oxygens (including phenoxy) is 1. The molecule has 0 aliphatic carbocycles. The second kappa shape index (κ2) is 7.46. The molecule has 0 fully saturated rings. The highest BCUT2D eigenvalue weighted by molar-refractivity contribution is 5.68. The molecule has 0 aromatic carbocycles. The molecule has 1 aromatic heterocycles. The van der Waals surface area contributed by atoms with Crippen LogP contribution in [-0.2, 0) is 11.3 Å². The lowest BCUT2D eigenvalue weighted by atomic mass is 10.1. The summed E-state index contributed by atoms with van der Waals surface area (Å²) < 4.78 is 7.08. The Morgan fingerprint density at radius 3 is 2.83 bits per heavy atom. The first-order valence-corrected chi connectivity index (χ1v) is 7.89. The van der Waals surface area contributed by atoms with Crippen LogP contribution in [0.25, 0.3) is 6.20 Å². The van der Waals surface area contributed by atoms with E-state index in [4.69, 9.17) is 4.74 Å². The molecule has 0 atom stereocenters. The van der Waals surface area contributed by atoms with Crippen LogP contribution in [0, 0.1) is 0 Å². The minimum absolute atomic E-state index is 0.238. The first kappa shape index (κ1) is 17.3. The largest absolute Gasteiger partial charge is 0.444 e. The predicted molar refractivity (Wildman–Crippen MR) is 90.8 cm³/mol. The Bertz CT molecular complexity index is 584. The summed E-state index contributed by atoms with van der Waals surface area (Å²) in [6.45, 7) is 12.2. The van der Waals surface area contributed by atoms with E-state index in [9.17, 15) is 4.79 Å². The lowest BCUT2D eigenvalue weighted by Crippen LogP contribution is -2.39. The molecular weight excluding hydrogens is 292 g/mol. The Morgan fingerprint density at radius 2 is 2.26 bits per heavy atom. The Balaban J connectivity index is 1.74. The first-order chi connectivity index (χ1) is 10.9. The molecule has 0 saturated carbocycles. The van der Waals surface area contributed by atoms with E-state index in [-0.39, 0.29) is 6.09 Å². The Hall–Kier alpha value is -2.08. The van der Waals surface area contributed by atoms with Crippen molar-refractivity contribution in [3.05, 3.63) is 36.2 Å². The number of nitrogens with one attached hydrogen (secondary N) is 1. The summed E-state index contributed by atoms with van der Waals surface area (Å²) in [5.74, 6) is 0. The van der Waals surface area contributed by atoms with Crippen LogP contribution in [0.4, 0.5) is 4.79 Å². The predicted octanol–water partition coefficient (Wildman–Crippen LogP) is 2.64. The minimum atomic E-state index is -0.446. The molecule has 126 valence electrons. The molecule has 1 aromatic rings. The van der Waals surface area contributed by atoms with E-state index in [1.54, 1.807) is 15.8 Å². The second-order valence-electron chi connectivity index (χ2n) is 6.65. The molecule has 2 rings (SSSR count). The molecule has 0 radical (unpaired) electrons. The van der Waals surface area contributed by atoms with Crippen LogP contribution < -0.4 is 5.32 Å². The average Bonchev–Trinajstić information content (AvgIpc) is 2.94. The topological polar surface area (TPSA) is 59.4 Å². The van der Waals surface area contributed by atoms with Gasteiger partial charge in [-0.1, -0.05) is 18.2 Å². The number of hydrogen-bond donors (Lipinski definition) is 1. The van der Waals surface area contributed by atoms with Crippen molar-refractivity contribution >= 4 is 12.3 Å². The van der Waals surface area contributed by atoms with E-state index in [2.05, 4.69) is 23.1 Å². The van der Waals surface area contributed by atoms with Crippen LogP contribution in [0.2, 0.25) is 0 Å². The van der Waals surface area contributed by atoms with Gasteiger partial charge in [0.15, 0.2) is 0 Å². The highest BCUT2D eigenvalue weighted by Crippen LogP contribution is 2.15. The minimum Gasteiger partial charge on any atom is -0.444 e. The molecule has 23 heavy (non-hydrogen) atoms. The summed E-state index contributed by atoms with van der Waals surface area (Å²) in [4.78, 5) is 13.7. The highest BCUT2D eigenvalue weighted by atomic mass is 16.6. The van der Waals surface area contributed by atoms with Gasteiger partial charge in [-0.25, -0.2) is 9.48 Å².